The van der Waals surface area contributed by atoms with Crippen LogP contribution in [0.25, 0.3) is 0 Å². The molecule has 5 rings (SSSR count). The smallest absolute Gasteiger partial charge is 0.310 e. The van der Waals surface area contributed by atoms with E-state index in [2.05, 4.69) is 61.5 Å². The molecule has 46 heavy (non-hydrogen) atoms. The summed E-state index contributed by atoms with van der Waals surface area (Å²) in [5, 5.41) is 11.4. The van der Waals surface area contributed by atoms with E-state index < -0.39 is 11.0 Å². The molecule has 6 heteroatoms. The molecular formula is C40H60O6. The molecule has 4 aliphatic carbocycles. The molecule has 1 unspecified atom stereocenters. The van der Waals surface area contributed by atoms with Crippen LogP contribution in [0.4, 0.5) is 0 Å². The number of aldehydes is 1. The standard InChI is InChI=1S/C40H60O6/c1-26(2)28(4)36(5)19-20-37(6)31-16-15-30-27(3)34(45-22-21-41)39(8,44-9)24-40(30,25-42)32(31)17-18-38(37,7)33(36)35(43)46-23-29-13-11-10-12-14-29/h10-14,17,21,26-28,30-31,33-34,42H,15-16,18-20,22-25H2,1-9H3/t27-,28+,30-,31-,33+,34+,36+,37+,38-,39?,40+/m0/s1. The minimum atomic E-state index is -0.645. The van der Waals surface area contributed by atoms with Gasteiger partial charge in [-0.1, -0.05) is 90.4 Å². The number of aliphatic hydroxyl groups excluding tert-OH is 1. The number of benzene rings is 1. The maximum Gasteiger partial charge on any atom is 0.310 e. The second-order valence-electron chi connectivity index (χ2n) is 16.8. The predicted molar refractivity (Wildman–Crippen MR) is 181 cm³/mol. The van der Waals surface area contributed by atoms with Crippen molar-refractivity contribution in [3.63, 3.8) is 0 Å². The first kappa shape index (κ1) is 35.3. The van der Waals surface area contributed by atoms with Crippen LogP contribution in [0.15, 0.2) is 42.0 Å². The number of aliphatic hydroxyl groups is 1. The third-order valence-electron chi connectivity index (χ3n) is 14.7. The van der Waals surface area contributed by atoms with E-state index in [0.717, 1.165) is 44.0 Å². The van der Waals surface area contributed by atoms with Gasteiger partial charge in [0.1, 0.15) is 19.5 Å². The number of esters is 1. The Hall–Kier alpha value is -2.02. The van der Waals surface area contributed by atoms with Gasteiger partial charge in [0.05, 0.1) is 24.2 Å². The van der Waals surface area contributed by atoms with Crippen molar-refractivity contribution in [1.29, 1.82) is 0 Å². The van der Waals surface area contributed by atoms with E-state index in [-0.39, 0.29) is 71.8 Å². The Morgan fingerprint density at radius 1 is 1.04 bits per heavy atom. The van der Waals surface area contributed by atoms with Crippen LogP contribution in [0, 0.1) is 57.2 Å². The highest BCUT2D eigenvalue weighted by atomic mass is 16.5. The molecular weight excluding hydrogens is 576 g/mol. The summed E-state index contributed by atoms with van der Waals surface area (Å²) in [6.07, 6.45) is 8.44. The maximum atomic E-state index is 14.6. The van der Waals surface area contributed by atoms with Gasteiger partial charge in [-0.3, -0.25) is 4.79 Å². The molecule has 0 heterocycles. The zero-order chi connectivity index (χ0) is 33.7. The largest absolute Gasteiger partial charge is 0.461 e. The molecule has 0 aromatic heterocycles. The molecule has 0 amide bonds. The van der Waals surface area contributed by atoms with Crippen molar-refractivity contribution >= 4 is 12.3 Å². The fourth-order valence-corrected chi connectivity index (χ4v) is 11.6. The topological polar surface area (TPSA) is 82.1 Å². The van der Waals surface area contributed by atoms with Crippen LogP contribution in [-0.4, -0.2) is 49.4 Å². The van der Waals surface area contributed by atoms with Gasteiger partial charge in [-0.2, -0.15) is 0 Å². The number of carbonyl (C=O) groups is 2. The zero-order valence-corrected chi connectivity index (χ0v) is 29.9. The first-order valence-corrected chi connectivity index (χ1v) is 17.8. The molecule has 0 bridgehead atoms. The van der Waals surface area contributed by atoms with E-state index in [1.54, 1.807) is 7.11 Å². The lowest BCUT2D eigenvalue weighted by molar-refractivity contribution is -0.225. The van der Waals surface area contributed by atoms with Crippen molar-refractivity contribution in [2.75, 3.05) is 20.3 Å². The molecule has 0 aliphatic heterocycles. The maximum absolute atomic E-state index is 14.6. The highest BCUT2D eigenvalue weighted by Crippen LogP contribution is 2.74. The molecule has 0 spiro atoms. The van der Waals surface area contributed by atoms with Gasteiger partial charge in [-0.25, -0.2) is 0 Å². The fraction of sp³-hybridized carbons (Fsp3) is 0.750. The first-order valence-electron chi connectivity index (χ1n) is 17.8. The SMILES string of the molecule is COC1(C)C[C@]2(CO)C3=CC[C@@]4(C)[C@H](C(=O)OCc5ccccc5)[C@@](C)([C@H](C)C(C)C)CC[C@]4(C)[C@H]3CC[C@H]2[C@H](C)[C@H]1OCC=O. The lowest BCUT2D eigenvalue weighted by atomic mass is 9.35. The molecule has 3 fully saturated rings. The minimum absolute atomic E-state index is 0.0455. The van der Waals surface area contributed by atoms with Gasteiger partial charge >= 0.3 is 5.97 Å². The van der Waals surface area contributed by atoms with Crippen LogP contribution >= 0.6 is 0 Å². The van der Waals surface area contributed by atoms with E-state index >= 15 is 0 Å². The Kier molecular flexibility index (Phi) is 9.81. The van der Waals surface area contributed by atoms with Gasteiger partial charge in [0.15, 0.2) is 0 Å². The molecule has 1 aromatic carbocycles. The first-order chi connectivity index (χ1) is 21.7. The van der Waals surface area contributed by atoms with Gasteiger partial charge < -0.3 is 24.1 Å². The fourth-order valence-electron chi connectivity index (χ4n) is 11.6. The highest BCUT2D eigenvalue weighted by Gasteiger charge is 2.70. The Bertz CT molecular complexity index is 1290. The van der Waals surface area contributed by atoms with Crippen molar-refractivity contribution in [2.45, 2.75) is 112 Å². The molecule has 11 atom stereocenters. The van der Waals surface area contributed by atoms with Crippen molar-refractivity contribution < 1.29 is 28.9 Å². The molecule has 1 aromatic rings. The predicted octanol–water partition coefficient (Wildman–Crippen LogP) is 7.81. The van der Waals surface area contributed by atoms with Crippen molar-refractivity contribution in [2.24, 2.45) is 57.2 Å². The summed E-state index contributed by atoms with van der Waals surface area (Å²) in [5.41, 5.74) is 0.637. The lowest BCUT2D eigenvalue weighted by Crippen LogP contribution is -2.67. The lowest BCUT2D eigenvalue weighted by Gasteiger charge is -2.69. The summed E-state index contributed by atoms with van der Waals surface area (Å²) in [6, 6.07) is 10.0. The number of carbonyl (C=O) groups excluding carboxylic acids is 2. The number of rotatable bonds is 10. The van der Waals surface area contributed by atoms with Crippen molar-refractivity contribution in [3.05, 3.63) is 47.5 Å². The summed E-state index contributed by atoms with van der Waals surface area (Å²) in [7, 11) is 1.73. The van der Waals surface area contributed by atoms with Gasteiger partial charge in [0.25, 0.3) is 0 Å². The molecule has 1 N–H and O–H groups in total. The number of fused-ring (bicyclic) bond motifs is 5. The molecule has 256 valence electrons. The quantitative estimate of drug-likeness (QED) is 0.160. The van der Waals surface area contributed by atoms with Crippen LogP contribution in [0.5, 0.6) is 0 Å². The normalized spacial score (nSPS) is 42.7. The second-order valence-corrected chi connectivity index (χ2v) is 16.8. The summed E-state index contributed by atoms with van der Waals surface area (Å²) >= 11 is 0. The number of hydrogen-bond acceptors (Lipinski definition) is 6. The summed E-state index contributed by atoms with van der Waals surface area (Å²) < 4.78 is 18.6. The summed E-state index contributed by atoms with van der Waals surface area (Å²) in [4.78, 5) is 25.9. The van der Waals surface area contributed by atoms with E-state index in [4.69, 9.17) is 14.2 Å². The van der Waals surface area contributed by atoms with E-state index in [1.165, 1.54) is 5.57 Å². The highest BCUT2D eigenvalue weighted by molar-refractivity contribution is 5.75. The monoisotopic (exact) mass is 636 g/mol. The van der Waals surface area contributed by atoms with Crippen LogP contribution in [0.3, 0.4) is 0 Å². The van der Waals surface area contributed by atoms with Gasteiger partial charge in [-0.05, 0) is 96.8 Å². The van der Waals surface area contributed by atoms with E-state index in [0.29, 0.717) is 18.3 Å². The van der Waals surface area contributed by atoms with Crippen LogP contribution in [0.2, 0.25) is 0 Å². The molecule has 0 radical (unpaired) electrons. The number of methoxy groups -OCH3 is 1. The summed E-state index contributed by atoms with van der Waals surface area (Å²) in [5.74, 6) is 1.04. The Balaban J connectivity index is 1.58. The van der Waals surface area contributed by atoms with Crippen LogP contribution in [-0.2, 0) is 30.4 Å². The third-order valence-corrected chi connectivity index (χ3v) is 14.7. The van der Waals surface area contributed by atoms with E-state index in [9.17, 15) is 14.7 Å². The van der Waals surface area contributed by atoms with Gasteiger partial charge in [0, 0.05) is 12.5 Å². The van der Waals surface area contributed by atoms with Crippen LogP contribution in [0.1, 0.15) is 99.5 Å². The molecule has 4 aliphatic rings. The molecule has 3 saturated carbocycles. The average molecular weight is 637 g/mol. The summed E-state index contributed by atoms with van der Waals surface area (Å²) in [6.45, 7) is 18.8. The number of hydrogen-bond donors (Lipinski definition) is 1. The Morgan fingerprint density at radius 3 is 2.35 bits per heavy atom. The minimum Gasteiger partial charge on any atom is -0.461 e. The average Bonchev–Trinajstić information content (AvgIpc) is 3.04. The molecule has 0 saturated heterocycles. The van der Waals surface area contributed by atoms with Crippen molar-refractivity contribution in [3.8, 4) is 0 Å². The van der Waals surface area contributed by atoms with Crippen LogP contribution < -0.4 is 0 Å². The third kappa shape index (κ3) is 5.24. The van der Waals surface area contributed by atoms with E-state index in [1.807, 2.05) is 30.3 Å². The second kappa shape index (κ2) is 12.8. The van der Waals surface area contributed by atoms with Gasteiger partial charge in [-0.15, -0.1) is 0 Å². The Labute approximate surface area is 278 Å². The number of allylic oxidation sites excluding steroid dienone is 1. The number of ether oxygens (including phenoxy) is 3. The Morgan fingerprint density at radius 2 is 1.74 bits per heavy atom. The zero-order valence-electron chi connectivity index (χ0n) is 29.9. The van der Waals surface area contributed by atoms with Crippen molar-refractivity contribution in [1.82, 2.24) is 0 Å². The van der Waals surface area contributed by atoms with Gasteiger partial charge in [0.2, 0.25) is 0 Å². The molecule has 6 nitrogen and oxygen atoms in total.